The molecule has 1 aliphatic heterocycles. The third-order valence-electron chi connectivity index (χ3n) is 3.62. The highest BCUT2D eigenvalue weighted by Gasteiger charge is 2.28. The van der Waals surface area contributed by atoms with Gasteiger partial charge in [-0.15, -0.1) is 0 Å². The van der Waals surface area contributed by atoms with E-state index in [2.05, 4.69) is 14.6 Å². The molecule has 5 nitrogen and oxygen atoms in total. The Morgan fingerprint density at radius 3 is 2.88 bits per heavy atom. The molecule has 0 radical (unpaired) electrons. The number of likely N-dealkylation sites (tertiary alicyclic amines) is 1. The summed E-state index contributed by atoms with van der Waals surface area (Å²) in [6.07, 6.45) is -1.64. The first-order valence-electron chi connectivity index (χ1n) is 7.95. The summed E-state index contributed by atoms with van der Waals surface area (Å²) in [7, 11) is 3.95. The number of nitrogens with zero attached hydrogens (tertiary/aromatic N) is 3. The summed E-state index contributed by atoms with van der Waals surface area (Å²) < 4.78 is 46.6. The van der Waals surface area contributed by atoms with Gasteiger partial charge in [-0.1, -0.05) is 0 Å². The number of hydrogen-bond donors (Lipinski definition) is 0. The largest absolute Gasteiger partial charge is 0.489 e. The van der Waals surface area contributed by atoms with E-state index in [1.807, 2.05) is 31.1 Å². The number of ether oxygens (including phenoxy) is 2. The maximum Gasteiger partial charge on any atom is 0.411 e. The predicted octanol–water partition coefficient (Wildman–Crippen LogP) is 2.18. The fourth-order valence-electron chi connectivity index (χ4n) is 2.61. The molecule has 2 rings (SSSR count). The van der Waals surface area contributed by atoms with Gasteiger partial charge >= 0.3 is 6.18 Å². The molecule has 0 amide bonds. The zero-order chi connectivity index (χ0) is 17.6. The Kier molecular flexibility index (Phi) is 6.82. The van der Waals surface area contributed by atoms with Crippen molar-refractivity contribution >= 4 is 0 Å². The molecular weight excluding hydrogens is 323 g/mol. The molecule has 0 aliphatic carbocycles. The highest BCUT2D eigenvalue weighted by molar-refractivity contribution is 5.23. The van der Waals surface area contributed by atoms with Gasteiger partial charge in [-0.05, 0) is 26.6 Å². The topological polar surface area (TPSA) is 37.8 Å². The van der Waals surface area contributed by atoms with Gasteiger partial charge in [0.2, 0.25) is 0 Å². The van der Waals surface area contributed by atoms with E-state index in [-0.39, 0.29) is 12.7 Å². The maximum absolute atomic E-state index is 12.0. The van der Waals surface area contributed by atoms with Gasteiger partial charge < -0.3 is 14.4 Å². The van der Waals surface area contributed by atoms with Crippen LogP contribution < -0.4 is 4.74 Å². The Hall–Kier alpha value is -1.38. The van der Waals surface area contributed by atoms with Gasteiger partial charge in [0.25, 0.3) is 0 Å². The van der Waals surface area contributed by atoms with Crippen LogP contribution in [0, 0.1) is 0 Å². The molecule has 1 unspecified atom stereocenters. The standard InChI is InChI=1S/C16H24F3N3O2/c1-21(2)10-13-9-14(3-5-20-13)24-15-4-6-22(11-15)7-8-23-12-16(17,18)19/h3,5,9,15H,4,6-8,10-12H2,1-2H3. The van der Waals surface area contributed by atoms with Crippen LogP contribution in [0.1, 0.15) is 12.1 Å². The molecule has 0 bridgehead atoms. The molecule has 136 valence electrons. The number of pyridine rings is 1. The fourth-order valence-corrected chi connectivity index (χ4v) is 2.61. The number of alkyl halides is 3. The van der Waals surface area contributed by atoms with Crippen molar-refractivity contribution in [3.63, 3.8) is 0 Å². The molecule has 8 heteroatoms. The van der Waals surface area contributed by atoms with Crippen molar-refractivity contribution in [2.45, 2.75) is 25.2 Å². The molecule has 1 aromatic rings. The van der Waals surface area contributed by atoms with Crippen LogP contribution in [0.5, 0.6) is 5.75 Å². The molecule has 1 saturated heterocycles. The van der Waals surface area contributed by atoms with E-state index >= 15 is 0 Å². The van der Waals surface area contributed by atoms with Gasteiger partial charge in [-0.2, -0.15) is 13.2 Å². The Morgan fingerprint density at radius 2 is 2.17 bits per heavy atom. The summed E-state index contributed by atoms with van der Waals surface area (Å²) in [5.74, 6) is 0.780. The van der Waals surface area contributed by atoms with Crippen molar-refractivity contribution in [3.05, 3.63) is 24.0 Å². The van der Waals surface area contributed by atoms with Gasteiger partial charge in [0, 0.05) is 38.4 Å². The van der Waals surface area contributed by atoms with Crippen LogP contribution in [0.4, 0.5) is 13.2 Å². The van der Waals surface area contributed by atoms with Crippen molar-refractivity contribution in [1.29, 1.82) is 0 Å². The summed E-state index contributed by atoms with van der Waals surface area (Å²) in [5, 5.41) is 0. The SMILES string of the molecule is CN(C)Cc1cc(OC2CCN(CCOCC(F)(F)F)C2)ccn1. The summed E-state index contributed by atoms with van der Waals surface area (Å²) in [6.45, 7) is 1.61. The first kappa shape index (κ1) is 19.0. The van der Waals surface area contributed by atoms with Crippen LogP contribution in [0.25, 0.3) is 0 Å². The molecule has 1 atom stereocenters. The molecule has 0 spiro atoms. The van der Waals surface area contributed by atoms with Crippen molar-refractivity contribution in [2.75, 3.05) is 46.9 Å². The van der Waals surface area contributed by atoms with Gasteiger partial charge in [0.1, 0.15) is 18.5 Å². The zero-order valence-corrected chi connectivity index (χ0v) is 14.1. The first-order valence-corrected chi connectivity index (χ1v) is 7.95. The van der Waals surface area contributed by atoms with E-state index in [4.69, 9.17) is 4.74 Å². The third-order valence-corrected chi connectivity index (χ3v) is 3.62. The van der Waals surface area contributed by atoms with Crippen molar-refractivity contribution in [1.82, 2.24) is 14.8 Å². The first-order chi connectivity index (χ1) is 11.3. The molecule has 1 aromatic heterocycles. The molecule has 1 fully saturated rings. The number of rotatable bonds is 8. The van der Waals surface area contributed by atoms with E-state index in [1.54, 1.807) is 6.20 Å². The van der Waals surface area contributed by atoms with Crippen LogP contribution in [-0.2, 0) is 11.3 Å². The van der Waals surface area contributed by atoms with Crippen molar-refractivity contribution in [2.24, 2.45) is 0 Å². The molecule has 0 N–H and O–H groups in total. The molecule has 0 saturated carbocycles. The van der Waals surface area contributed by atoms with Crippen molar-refractivity contribution in [3.8, 4) is 5.75 Å². The average Bonchev–Trinajstić information content (AvgIpc) is 2.90. The lowest BCUT2D eigenvalue weighted by molar-refractivity contribution is -0.174. The average molecular weight is 347 g/mol. The third kappa shape index (κ3) is 7.02. The second-order valence-electron chi connectivity index (χ2n) is 6.22. The Morgan fingerprint density at radius 1 is 1.38 bits per heavy atom. The summed E-state index contributed by atoms with van der Waals surface area (Å²) in [4.78, 5) is 8.39. The lowest BCUT2D eigenvalue weighted by atomic mass is 10.3. The van der Waals surface area contributed by atoms with E-state index in [1.165, 1.54) is 0 Å². The van der Waals surface area contributed by atoms with E-state index in [0.29, 0.717) is 13.1 Å². The van der Waals surface area contributed by atoms with Gasteiger partial charge in [-0.25, -0.2) is 0 Å². The molecule has 0 aromatic carbocycles. The Bertz CT molecular complexity index is 512. The monoisotopic (exact) mass is 347 g/mol. The molecule has 2 heterocycles. The van der Waals surface area contributed by atoms with Crippen LogP contribution >= 0.6 is 0 Å². The predicted molar refractivity (Wildman–Crippen MR) is 84.0 cm³/mol. The Balaban J connectivity index is 1.72. The highest BCUT2D eigenvalue weighted by atomic mass is 19.4. The van der Waals surface area contributed by atoms with Gasteiger partial charge in [0.15, 0.2) is 0 Å². The molecule has 24 heavy (non-hydrogen) atoms. The second kappa shape index (κ2) is 8.64. The smallest absolute Gasteiger partial charge is 0.411 e. The maximum atomic E-state index is 12.0. The van der Waals surface area contributed by atoms with Gasteiger partial charge in [0.05, 0.1) is 12.3 Å². The highest BCUT2D eigenvalue weighted by Crippen LogP contribution is 2.19. The van der Waals surface area contributed by atoms with E-state index in [0.717, 1.165) is 31.0 Å². The van der Waals surface area contributed by atoms with Crippen LogP contribution in [0.3, 0.4) is 0 Å². The summed E-state index contributed by atoms with van der Waals surface area (Å²) in [5.41, 5.74) is 0.938. The normalized spacial score (nSPS) is 19.2. The van der Waals surface area contributed by atoms with Crippen LogP contribution in [0.2, 0.25) is 0 Å². The zero-order valence-electron chi connectivity index (χ0n) is 14.1. The minimum absolute atomic E-state index is 0.0437. The quantitative estimate of drug-likeness (QED) is 0.674. The summed E-state index contributed by atoms with van der Waals surface area (Å²) >= 11 is 0. The fraction of sp³-hybridized carbons (Fsp3) is 0.688. The minimum Gasteiger partial charge on any atom is -0.489 e. The minimum atomic E-state index is -4.26. The molecular formula is C16H24F3N3O2. The van der Waals surface area contributed by atoms with E-state index in [9.17, 15) is 13.2 Å². The Labute approximate surface area is 140 Å². The van der Waals surface area contributed by atoms with Gasteiger partial charge in [-0.3, -0.25) is 9.88 Å². The number of hydrogen-bond acceptors (Lipinski definition) is 5. The summed E-state index contributed by atoms with van der Waals surface area (Å²) in [6, 6.07) is 3.75. The number of halogens is 3. The molecule has 1 aliphatic rings. The van der Waals surface area contributed by atoms with Crippen molar-refractivity contribution < 1.29 is 22.6 Å². The second-order valence-corrected chi connectivity index (χ2v) is 6.22. The van der Waals surface area contributed by atoms with Crippen LogP contribution in [0.15, 0.2) is 18.3 Å². The van der Waals surface area contributed by atoms with E-state index < -0.39 is 12.8 Å². The lowest BCUT2D eigenvalue weighted by Crippen LogP contribution is -2.29. The lowest BCUT2D eigenvalue weighted by Gasteiger charge is -2.17. The number of aromatic nitrogens is 1. The van der Waals surface area contributed by atoms with Crippen LogP contribution in [-0.4, -0.2) is 74.0 Å².